The van der Waals surface area contributed by atoms with E-state index >= 15 is 0 Å². The van der Waals surface area contributed by atoms with E-state index in [1.807, 2.05) is 30.3 Å². The van der Waals surface area contributed by atoms with Gasteiger partial charge in [0.05, 0.1) is 10.4 Å². The molecule has 1 aromatic carbocycles. The Morgan fingerprint density at radius 2 is 2.00 bits per heavy atom. The normalized spacial score (nSPS) is 10.7. The fourth-order valence-corrected chi connectivity index (χ4v) is 3.21. The SMILES string of the molecule is Nc1c(C(=O)Nc2ccc(I)cc2)sc2cnccc12. The molecule has 2 aromatic heterocycles. The molecule has 3 aromatic rings. The highest BCUT2D eigenvalue weighted by Crippen LogP contribution is 2.33. The van der Waals surface area contributed by atoms with Crippen LogP contribution in [0.5, 0.6) is 0 Å². The quantitative estimate of drug-likeness (QED) is 0.650. The fraction of sp³-hybridized carbons (Fsp3) is 0. The Bertz CT molecular complexity index is 783. The van der Waals surface area contributed by atoms with Crippen molar-refractivity contribution in [1.82, 2.24) is 4.98 Å². The first-order valence-electron chi connectivity index (χ1n) is 5.84. The lowest BCUT2D eigenvalue weighted by molar-refractivity contribution is 0.103. The van der Waals surface area contributed by atoms with Crippen molar-refractivity contribution in [2.24, 2.45) is 0 Å². The van der Waals surface area contributed by atoms with Crippen LogP contribution in [0.1, 0.15) is 9.67 Å². The zero-order chi connectivity index (χ0) is 14.1. The Morgan fingerprint density at radius 3 is 2.70 bits per heavy atom. The Kier molecular flexibility index (Phi) is 3.58. The van der Waals surface area contributed by atoms with Crippen LogP contribution in [0.25, 0.3) is 10.1 Å². The smallest absolute Gasteiger partial charge is 0.267 e. The van der Waals surface area contributed by atoms with Gasteiger partial charge in [0.15, 0.2) is 0 Å². The molecule has 1 amide bonds. The number of nitrogens with one attached hydrogen (secondary N) is 1. The topological polar surface area (TPSA) is 68.0 Å². The van der Waals surface area contributed by atoms with Crippen LogP contribution in [0.2, 0.25) is 0 Å². The molecule has 4 nitrogen and oxygen atoms in total. The highest BCUT2D eigenvalue weighted by Gasteiger charge is 2.16. The number of nitrogens with two attached hydrogens (primary N) is 1. The van der Waals surface area contributed by atoms with Gasteiger partial charge in [-0.1, -0.05) is 0 Å². The number of carbonyl (C=O) groups excluding carboxylic acids is 1. The Balaban J connectivity index is 1.92. The first-order chi connectivity index (χ1) is 9.65. The van der Waals surface area contributed by atoms with Crippen LogP contribution in [0, 0.1) is 3.57 Å². The number of amides is 1. The lowest BCUT2D eigenvalue weighted by atomic mass is 10.2. The van der Waals surface area contributed by atoms with Crippen molar-refractivity contribution in [3.8, 4) is 0 Å². The van der Waals surface area contributed by atoms with E-state index in [9.17, 15) is 4.79 Å². The summed E-state index contributed by atoms with van der Waals surface area (Å²) in [5.74, 6) is -0.190. The predicted molar refractivity (Wildman–Crippen MR) is 91.1 cm³/mol. The van der Waals surface area contributed by atoms with Crippen molar-refractivity contribution in [3.05, 3.63) is 51.2 Å². The van der Waals surface area contributed by atoms with Gasteiger partial charge in [0.25, 0.3) is 5.91 Å². The van der Waals surface area contributed by atoms with Gasteiger partial charge in [-0.05, 0) is 52.9 Å². The number of thiophene rings is 1. The summed E-state index contributed by atoms with van der Waals surface area (Å²) in [6.45, 7) is 0. The fourth-order valence-electron chi connectivity index (χ4n) is 1.86. The minimum absolute atomic E-state index is 0.190. The molecule has 0 aliphatic carbocycles. The average molecular weight is 395 g/mol. The molecule has 0 aliphatic heterocycles. The number of nitrogen functional groups attached to an aromatic ring is 1. The third-order valence-electron chi connectivity index (χ3n) is 2.84. The number of hydrogen-bond donors (Lipinski definition) is 2. The van der Waals surface area contributed by atoms with Gasteiger partial charge < -0.3 is 11.1 Å². The van der Waals surface area contributed by atoms with Crippen LogP contribution in [0.4, 0.5) is 11.4 Å². The first kappa shape index (κ1) is 13.3. The molecular weight excluding hydrogens is 385 g/mol. The maximum Gasteiger partial charge on any atom is 0.267 e. The van der Waals surface area contributed by atoms with E-state index in [1.165, 1.54) is 11.3 Å². The second-order valence-electron chi connectivity index (χ2n) is 4.18. The second kappa shape index (κ2) is 5.37. The molecule has 3 N–H and O–H groups in total. The lowest BCUT2D eigenvalue weighted by Gasteiger charge is -2.04. The summed E-state index contributed by atoms with van der Waals surface area (Å²) in [6, 6.07) is 9.43. The van der Waals surface area contributed by atoms with Crippen molar-refractivity contribution in [1.29, 1.82) is 0 Å². The predicted octanol–water partition coefficient (Wildman–Crippen LogP) is 3.74. The maximum atomic E-state index is 12.3. The number of carbonyl (C=O) groups is 1. The van der Waals surface area contributed by atoms with Gasteiger partial charge in [-0.3, -0.25) is 9.78 Å². The molecule has 0 unspecified atom stereocenters. The Morgan fingerprint density at radius 1 is 1.25 bits per heavy atom. The van der Waals surface area contributed by atoms with Crippen LogP contribution < -0.4 is 11.1 Å². The average Bonchev–Trinajstić information content (AvgIpc) is 2.79. The molecule has 0 aliphatic rings. The minimum Gasteiger partial charge on any atom is -0.397 e. The van der Waals surface area contributed by atoms with E-state index in [-0.39, 0.29) is 5.91 Å². The lowest BCUT2D eigenvalue weighted by Crippen LogP contribution is -2.11. The van der Waals surface area contributed by atoms with Crippen LogP contribution in [0.15, 0.2) is 42.7 Å². The van der Waals surface area contributed by atoms with Gasteiger partial charge in [-0.2, -0.15) is 0 Å². The van der Waals surface area contributed by atoms with E-state index in [0.717, 1.165) is 19.3 Å². The highest BCUT2D eigenvalue weighted by atomic mass is 127. The summed E-state index contributed by atoms with van der Waals surface area (Å²) < 4.78 is 2.03. The second-order valence-corrected chi connectivity index (χ2v) is 6.48. The molecule has 0 atom stereocenters. The van der Waals surface area contributed by atoms with Crippen molar-refractivity contribution in [3.63, 3.8) is 0 Å². The zero-order valence-electron chi connectivity index (χ0n) is 10.3. The molecule has 0 fully saturated rings. The molecule has 0 radical (unpaired) electrons. The molecule has 0 bridgehead atoms. The van der Waals surface area contributed by atoms with Gasteiger partial charge in [-0.15, -0.1) is 11.3 Å². The van der Waals surface area contributed by atoms with E-state index < -0.39 is 0 Å². The summed E-state index contributed by atoms with van der Waals surface area (Å²) in [5, 5.41) is 3.73. The number of aromatic nitrogens is 1. The van der Waals surface area contributed by atoms with E-state index in [1.54, 1.807) is 12.4 Å². The number of nitrogens with zero attached hydrogens (tertiary/aromatic N) is 1. The molecule has 6 heteroatoms. The van der Waals surface area contributed by atoms with Crippen molar-refractivity contribution >= 4 is 61.3 Å². The van der Waals surface area contributed by atoms with Gasteiger partial charge in [0.2, 0.25) is 0 Å². The Labute approximate surface area is 133 Å². The summed E-state index contributed by atoms with van der Waals surface area (Å²) in [6.07, 6.45) is 3.39. The molecule has 0 spiro atoms. The number of anilines is 2. The monoisotopic (exact) mass is 395 g/mol. The Hall–Kier alpha value is -1.67. The zero-order valence-corrected chi connectivity index (χ0v) is 13.2. The molecule has 3 rings (SSSR count). The number of halogens is 1. The third kappa shape index (κ3) is 2.48. The first-order valence-corrected chi connectivity index (χ1v) is 7.73. The van der Waals surface area contributed by atoms with Crippen molar-refractivity contribution in [2.75, 3.05) is 11.1 Å². The number of hydrogen-bond acceptors (Lipinski definition) is 4. The van der Waals surface area contributed by atoms with Crippen LogP contribution in [-0.4, -0.2) is 10.9 Å². The minimum atomic E-state index is -0.190. The van der Waals surface area contributed by atoms with Crippen molar-refractivity contribution in [2.45, 2.75) is 0 Å². The summed E-state index contributed by atoms with van der Waals surface area (Å²) in [7, 11) is 0. The number of benzene rings is 1. The van der Waals surface area contributed by atoms with Crippen LogP contribution in [0.3, 0.4) is 0 Å². The summed E-state index contributed by atoms with van der Waals surface area (Å²) in [5.41, 5.74) is 7.30. The van der Waals surface area contributed by atoms with Gasteiger partial charge in [0, 0.05) is 27.0 Å². The summed E-state index contributed by atoms with van der Waals surface area (Å²) in [4.78, 5) is 16.8. The third-order valence-corrected chi connectivity index (χ3v) is 4.71. The van der Waals surface area contributed by atoms with E-state index in [0.29, 0.717) is 10.6 Å². The highest BCUT2D eigenvalue weighted by molar-refractivity contribution is 14.1. The molecule has 0 saturated heterocycles. The van der Waals surface area contributed by atoms with E-state index in [2.05, 4.69) is 32.9 Å². The number of pyridine rings is 1. The van der Waals surface area contributed by atoms with Crippen LogP contribution >= 0.6 is 33.9 Å². The van der Waals surface area contributed by atoms with Gasteiger partial charge in [-0.25, -0.2) is 0 Å². The van der Waals surface area contributed by atoms with E-state index in [4.69, 9.17) is 5.73 Å². The molecule has 100 valence electrons. The summed E-state index contributed by atoms with van der Waals surface area (Å²) >= 11 is 3.57. The molecular formula is C14H10IN3OS. The maximum absolute atomic E-state index is 12.3. The molecule has 20 heavy (non-hydrogen) atoms. The molecule has 2 heterocycles. The van der Waals surface area contributed by atoms with Gasteiger partial charge >= 0.3 is 0 Å². The van der Waals surface area contributed by atoms with Gasteiger partial charge in [0.1, 0.15) is 4.88 Å². The number of fused-ring (bicyclic) bond motifs is 1. The molecule has 0 saturated carbocycles. The van der Waals surface area contributed by atoms with Crippen LogP contribution in [-0.2, 0) is 0 Å². The standard InChI is InChI=1S/C14H10IN3OS/c15-8-1-3-9(4-2-8)18-14(19)13-12(16)10-5-6-17-7-11(10)20-13/h1-7H,16H2,(H,18,19). The number of rotatable bonds is 2. The van der Waals surface area contributed by atoms with Crippen molar-refractivity contribution < 1.29 is 4.79 Å². The largest absolute Gasteiger partial charge is 0.397 e.